The van der Waals surface area contributed by atoms with Crippen LogP contribution in [-0.2, 0) is 0 Å². The molecular weight excluding hydrogens is 508 g/mol. The summed E-state index contributed by atoms with van der Waals surface area (Å²) in [6.45, 7) is 0. The van der Waals surface area contributed by atoms with Gasteiger partial charge in [0.1, 0.15) is 5.82 Å². The van der Waals surface area contributed by atoms with Crippen LogP contribution in [0, 0.1) is 0 Å². The average Bonchev–Trinajstić information content (AvgIpc) is 3.37. The quantitative estimate of drug-likeness (QED) is 0.288. The van der Waals surface area contributed by atoms with Crippen molar-refractivity contribution in [1.82, 2.24) is 29.5 Å². The summed E-state index contributed by atoms with van der Waals surface area (Å²) in [4.78, 5) is 56.4. The van der Waals surface area contributed by atoms with E-state index in [9.17, 15) is 19.5 Å². The van der Waals surface area contributed by atoms with Crippen LogP contribution in [0.15, 0.2) is 70.8 Å². The highest BCUT2D eigenvalue weighted by molar-refractivity contribution is 6.07. The van der Waals surface area contributed by atoms with Crippen molar-refractivity contribution < 1.29 is 9.90 Å². The van der Waals surface area contributed by atoms with E-state index in [1.165, 1.54) is 19.1 Å². The zero-order valence-electron chi connectivity index (χ0n) is 21.3. The van der Waals surface area contributed by atoms with Gasteiger partial charge in [0.15, 0.2) is 0 Å². The Morgan fingerprint density at radius 1 is 0.825 bits per heavy atom. The number of hydrogen-bond donors (Lipinski definition) is 3. The Kier molecular flexibility index (Phi) is 5.55. The number of aromatic amines is 2. The summed E-state index contributed by atoms with van der Waals surface area (Å²) in [5.74, 6) is -0.426. The number of carbonyl (C=O) groups is 1. The van der Waals surface area contributed by atoms with Crippen molar-refractivity contribution in [3.8, 4) is 22.5 Å². The molecular formula is C30H24N6O4. The molecule has 7 rings (SSSR count). The van der Waals surface area contributed by atoms with E-state index in [1.54, 1.807) is 36.4 Å². The molecule has 6 aromatic rings. The second-order valence-corrected chi connectivity index (χ2v) is 10.2. The Morgan fingerprint density at radius 3 is 2.10 bits per heavy atom. The van der Waals surface area contributed by atoms with Crippen molar-refractivity contribution in [3.63, 3.8) is 0 Å². The second kappa shape index (κ2) is 9.26. The molecule has 0 saturated heterocycles. The summed E-state index contributed by atoms with van der Waals surface area (Å²) in [5.41, 5.74) is 3.72. The van der Waals surface area contributed by atoms with E-state index in [-0.39, 0.29) is 22.7 Å². The van der Waals surface area contributed by atoms with Crippen LogP contribution in [0.3, 0.4) is 0 Å². The number of rotatable bonds is 4. The molecule has 198 valence electrons. The summed E-state index contributed by atoms with van der Waals surface area (Å²) >= 11 is 0. The number of aromatic carboxylic acids is 1. The van der Waals surface area contributed by atoms with E-state index in [0.717, 1.165) is 36.8 Å². The number of carboxylic acids is 1. The SMILES string of the molecule is O=C(O)c1ccc2c(nc(-c3ccc4nc[nH]c(=O)c4c3)n2C2CCCCC2)c1-c1ccc2nc[nH]c(=O)c2c1. The molecule has 0 unspecified atom stereocenters. The van der Waals surface area contributed by atoms with Gasteiger partial charge in [-0.05, 0) is 60.9 Å². The topological polar surface area (TPSA) is 147 Å². The smallest absolute Gasteiger partial charge is 0.336 e. The van der Waals surface area contributed by atoms with Crippen LogP contribution in [-0.4, -0.2) is 40.6 Å². The molecule has 0 aliphatic heterocycles. The first-order valence-electron chi connectivity index (χ1n) is 13.2. The molecule has 3 aromatic heterocycles. The van der Waals surface area contributed by atoms with Gasteiger partial charge in [-0.3, -0.25) is 9.59 Å². The monoisotopic (exact) mass is 532 g/mol. The lowest BCUT2D eigenvalue weighted by Gasteiger charge is -2.26. The summed E-state index contributed by atoms with van der Waals surface area (Å²) in [6.07, 6.45) is 8.02. The fourth-order valence-electron chi connectivity index (χ4n) is 5.98. The highest BCUT2D eigenvalue weighted by Gasteiger charge is 2.26. The molecule has 1 aliphatic carbocycles. The first kappa shape index (κ1) is 24.0. The first-order valence-corrected chi connectivity index (χ1v) is 13.2. The van der Waals surface area contributed by atoms with Gasteiger partial charge in [0.05, 0.1) is 51.1 Å². The maximum Gasteiger partial charge on any atom is 0.336 e. The minimum Gasteiger partial charge on any atom is -0.478 e. The van der Waals surface area contributed by atoms with Gasteiger partial charge in [0.2, 0.25) is 0 Å². The summed E-state index contributed by atoms with van der Waals surface area (Å²) in [7, 11) is 0. The van der Waals surface area contributed by atoms with Gasteiger partial charge >= 0.3 is 5.97 Å². The van der Waals surface area contributed by atoms with Crippen LogP contribution in [0.1, 0.15) is 48.5 Å². The number of hydrogen-bond acceptors (Lipinski definition) is 6. The number of carboxylic acid groups (broad SMARTS) is 1. The number of H-pyrrole nitrogens is 2. The van der Waals surface area contributed by atoms with Crippen LogP contribution in [0.4, 0.5) is 0 Å². The standard InChI is InChI=1S/C30H24N6O4/c37-28-20-12-16(6-9-22(20)31-14-33-28)25-19(30(39)40)8-11-24-26(25)35-27(36(24)18-4-2-1-3-5-18)17-7-10-23-21(13-17)29(38)34-15-32-23/h6-15,18H,1-5H2,(H,39,40)(H,31,33,37)(H,32,34,38). The normalized spacial score (nSPS) is 14.3. The molecule has 40 heavy (non-hydrogen) atoms. The predicted octanol–water partition coefficient (Wildman–Crippen LogP) is 5.05. The summed E-state index contributed by atoms with van der Waals surface area (Å²) in [5, 5.41) is 11.0. The van der Waals surface area contributed by atoms with E-state index in [4.69, 9.17) is 4.98 Å². The van der Waals surface area contributed by atoms with Crippen molar-refractivity contribution in [2.24, 2.45) is 0 Å². The lowest BCUT2D eigenvalue weighted by atomic mass is 9.94. The van der Waals surface area contributed by atoms with E-state index < -0.39 is 5.97 Å². The molecule has 0 bridgehead atoms. The van der Waals surface area contributed by atoms with Crippen molar-refractivity contribution in [2.45, 2.75) is 38.1 Å². The molecule has 0 amide bonds. The van der Waals surface area contributed by atoms with Crippen LogP contribution >= 0.6 is 0 Å². The maximum atomic E-state index is 12.6. The molecule has 1 aliphatic rings. The van der Waals surface area contributed by atoms with Crippen LogP contribution in [0.5, 0.6) is 0 Å². The molecule has 1 fully saturated rings. The number of nitrogens with one attached hydrogen (secondary N) is 2. The minimum absolute atomic E-state index is 0.0890. The zero-order valence-corrected chi connectivity index (χ0v) is 21.3. The van der Waals surface area contributed by atoms with Gasteiger partial charge in [0.25, 0.3) is 11.1 Å². The molecule has 3 aromatic carbocycles. The third kappa shape index (κ3) is 3.79. The largest absolute Gasteiger partial charge is 0.478 e. The Bertz CT molecular complexity index is 2080. The van der Waals surface area contributed by atoms with E-state index in [1.807, 2.05) is 12.1 Å². The predicted molar refractivity (Wildman–Crippen MR) is 152 cm³/mol. The fraction of sp³-hybridized carbons (Fsp3) is 0.200. The van der Waals surface area contributed by atoms with Crippen LogP contribution in [0.25, 0.3) is 55.4 Å². The van der Waals surface area contributed by atoms with Gasteiger partial charge in [-0.1, -0.05) is 25.3 Å². The first-order chi connectivity index (χ1) is 19.5. The van der Waals surface area contributed by atoms with E-state index in [2.05, 4.69) is 24.5 Å². The lowest BCUT2D eigenvalue weighted by Crippen LogP contribution is -2.14. The Labute approximate surface area is 226 Å². The van der Waals surface area contributed by atoms with Gasteiger partial charge in [-0.25, -0.2) is 19.7 Å². The molecule has 0 radical (unpaired) electrons. The van der Waals surface area contributed by atoms with Gasteiger partial charge in [-0.15, -0.1) is 0 Å². The Hall–Kier alpha value is -5.12. The van der Waals surface area contributed by atoms with Crippen LogP contribution < -0.4 is 11.1 Å². The molecule has 3 heterocycles. The highest BCUT2D eigenvalue weighted by Crippen LogP contribution is 2.40. The minimum atomic E-state index is -1.09. The average molecular weight is 533 g/mol. The Morgan fingerprint density at radius 2 is 1.45 bits per heavy atom. The molecule has 10 heteroatoms. The number of benzene rings is 3. The number of imidazole rings is 1. The number of fused-ring (bicyclic) bond motifs is 3. The molecule has 0 atom stereocenters. The van der Waals surface area contributed by atoms with Crippen molar-refractivity contribution >= 4 is 38.8 Å². The third-order valence-electron chi connectivity index (χ3n) is 7.86. The molecule has 3 N–H and O–H groups in total. The number of nitrogens with zero attached hydrogens (tertiary/aromatic N) is 4. The van der Waals surface area contributed by atoms with Gasteiger partial charge in [0, 0.05) is 17.2 Å². The highest BCUT2D eigenvalue weighted by atomic mass is 16.4. The summed E-state index contributed by atoms with van der Waals surface area (Å²) < 4.78 is 2.20. The van der Waals surface area contributed by atoms with Gasteiger partial charge in [-0.2, -0.15) is 0 Å². The van der Waals surface area contributed by atoms with Crippen molar-refractivity contribution in [1.29, 1.82) is 0 Å². The Balaban J connectivity index is 1.56. The molecule has 0 spiro atoms. The number of aromatic nitrogens is 6. The second-order valence-electron chi connectivity index (χ2n) is 10.2. The van der Waals surface area contributed by atoms with Crippen LogP contribution in [0.2, 0.25) is 0 Å². The van der Waals surface area contributed by atoms with E-state index in [0.29, 0.717) is 44.3 Å². The molecule has 10 nitrogen and oxygen atoms in total. The van der Waals surface area contributed by atoms with Crippen molar-refractivity contribution in [2.75, 3.05) is 0 Å². The third-order valence-corrected chi connectivity index (χ3v) is 7.86. The fourth-order valence-corrected chi connectivity index (χ4v) is 5.98. The van der Waals surface area contributed by atoms with E-state index >= 15 is 0 Å². The maximum absolute atomic E-state index is 12.6. The van der Waals surface area contributed by atoms with Crippen molar-refractivity contribution in [3.05, 3.63) is 87.5 Å². The van der Waals surface area contributed by atoms with Gasteiger partial charge < -0.3 is 19.6 Å². The lowest BCUT2D eigenvalue weighted by molar-refractivity contribution is 0.0698. The summed E-state index contributed by atoms with van der Waals surface area (Å²) in [6, 6.07) is 14.2. The zero-order chi connectivity index (χ0) is 27.4. The molecule has 1 saturated carbocycles.